The first-order valence-corrected chi connectivity index (χ1v) is 12.0. The summed E-state index contributed by atoms with van der Waals surface area (Å²) in [5.74, 6) is 0.738. The number of hydrogen-bond donors (Lipinski definition) is 0. The third kappa shape index (κ3) is 4.68. The van der Waals surface area contributed by atoms with Gasteiger partial charge in [0.05, 0.1) is 12.8 Å². The van der Waals surface area contributed by atoms with Crippen molar-refractivity contribution in [2.75, 3.05) is 33.3 Å². The number of nitrogens with zero attached hydrogens (tertiary/aromatic N) is 5. The van der Waals surface area contributed by atoms with Crippen molar-refractivity contribution in [3.8, 4) is 16.3 Å². The molecule has 1 aliphatic heterocycles. The highest BCUT2D eigenvalue weighted by molar-refractivity contribution is 7.19. The molecule has 2 aromatic carbocycles. The van der Waals surface area contributed by atoms with Crippen LogP contribution in [-0.2, 0) is 6.54 Å². The van der Waals surface area contributed by atoms with Gasteiger partial charge in [-0.25, -0.2) is 4.98 Å². The number of rotatable bonds is 5. The average molecular weight is 496 g/mol. The fraction of sp³-hybridized carbons (Fsp3) is 0.250. The number of ether oxygens (including phenoxy) is 1. The lowest BCUT2D eigenvalue weighted by Gasteiger charge is -2.34. The SMILES string of the molecule is COc1ccc(C(=O)N2CCN(Cc3cc(=O)n4nc(-c5ccc(Cl)cc5)sc4n3)CC2)cc1. The van der Waals surface area contributed by atoms with Crippen LogP contribution < -0.4 is 10.3 Å². The van der Waals surface area contributed by atoms with Gasteiger partial charge in [0.1, 0.15) is 10.8 Å². The average Bonchev–Trinajstić information content (AvgIpc) is 3.29. The van der Waals surface area contributed by atoms with Crippen LogP contribution in [0.2, 0.25) is 5.02 Å². The number of carbonyl (C=O) groups excluding carboxylic acids is 1. The molecular formula is C24H22ClN5O3S. The predicted octanol–water partition coefficient (Wildman–Crippen LogP) is 3.44. The quantitative estimate of drug-likeness (QED) is 0.422. The van der Waals surface area contributed by atoms with Crippen molar-refractivity contribution >= 4 is 33.8 Å². The maximum atomic E-state index is 12.8. The molecule has 2 aromatic heterocycles. The molecule has 5 rings (SSSR count). The molecule has 4 aromatic rings. The van der Waals surface area contributed by atoms with Gasteiger partial charge in [0.2, 0.25) is 4.96 Å². The van der Waals surface area contributed by atoms with E-state index in [-0.39, 0.29) is 11.5 Å². The molecule has 1 fully saturated rings. The minimum atomic E-state index is -0.204. The van der Waals surface area contributed by atoms with Crippen LogP contribution in [-0.4, -0.2) is 63.6 Å². The van der Waals surface area contributed by atoms with Crippen molar-refractivity contribution < 1.29 is 9.53 Å². The highest BCUT2D eigenvalue weighted by Crippen LogP contribution is 2.25. The van der Waals surface area contributed by atoms with Crippen LogP contribution in [0.4, 0.5) is 0 Å². The van der Waals surface area contributed by atoms with Crippen molar-refractivity contribution in [3.63, 3.8) is 0 Å². The third-order valence-corrected chi connectivity index (χ3v) is 6.98. The maximum absolute atomic E-state index is 12.8. The summed E-state index contributed by atoms with van der Waals surface area (Å²) in [4.78, 5) is 34.7. The number of amides is 1. The van der Waals surface area contributed by atoms with Crippen LogP contribution in [0.5, 0.6) is 5.75 Å². The molecule has 0 bridgehead atoms. The fourth-order valence-electron chi connectivity index (χ4n) is 3.90. The summed E-state index contributed by atoms with van der Waals surface area (Å²) < 4.78 is 6.50. The topological polar surface area (TPSA) is 80.0 Å². The van der Waals surface area contributed by atoms with Gasteiger partial charge >= 0.3 is 0 Å². The zero-order valence-electron chi connectivity index (χ0n) is 18.5. The van der Waals surface area contributed by atoms with Crippen LogP contribution in [0.25, 0.3) is 15.5 Å². The molecule has 0 unspecified atom stereocenters. The number of halogens is 1. The summed E-state index contributed by atoms with van der Waals surface area (Å²) >= 11 is 7.34. The lowest BCUT2D eigenvalue weighted by Crippen LogP contribution is -2.48. The van der Waals surface area contributed by atoms with Crippen LogP contribution in [0.15, 0.2) is 59.4 Å². The molecule has 0 saturated carbocycles. The summed E-state index contributed by atoms with van der Waals surface area (Å²) in [6, 6.07) is 16.0. The highest BCUT2D eigenvalue weighted by Gasteiger charge is 2.23. The molecule has 34 heavy (non-hydrogen) atoms. The van der Waals surface area contributed by atoms with E-state index < -0.39 is 0 Å². The maximum Gasteiger partial charge on any atom is 0.275 e. The molecule has 0 atom stereocenters. The van der Waals surface area contributed by atoms with Gasteiger partial charge in [-0.2, -0.15) is 9.61 Å². The van der Waals surface area contributed by atoms with Crippen molar-refractivity contribution in [3.05, 3.63) is 81.2 Å². The second-order valence-corrected chi connectivity index (χ2v) is 9.38. The summed E-state index contributed by atoms with van der Waals surface area (Å²) in [5.41, 5.74) is 2.03. The van der Waals surface area contributed by atoms with Gasteiger partial charge in [-0.05, 0) is 36.4 Å². The third-order valence-electron chi connectivity index (χ3n) is 5.77. The van der Waals surface area contributed by atoms with Gasteiger partial charge < -0.3 is 9.64 Å². The molecule has 1 aliphatic rings. The summed E-state index contributed by atoms with van der Waals surface area (Å²) in [7, 11) is 1.60. The Kier molecular flexibility index (Phi) is 6.32. The first-order valence-electron chi connectivity index (χ1n) is 10.8. The lowest BCUT2D eigenvalue weighted by molar-refractivity contribution is 0.0627. The van der Waals surface area contributed by atoms with Crippen LogP contribution in [0, 0.1) is 0 Å². The minimum Gasteiger partial charge on any atom is -0.497 e. The molecule has 174 valence electrons. The largest absolute Gasteiger partial charge is 0.497 e. The molecule has 10 heteroatoms. The molecule has 1 amide bonds. The van der Waals surface area contributed by atoms with Crippen LogP contribution >= 0.6 is 22.9 Å². The Hall–Kier alpha value is -3.27. The Morgan fingerprint density at radius 3 is 2.44 bits per heavy atom. The summed E-state index contributed by atoms with van der Waals surface area (Å²) in [6.45, 7) is 3.20. The molecule has 0 radical (unpaired) electrons. The Balaban J connectivity index is 1.25. The van der Waals surface area contributed by atoms with E-state index in [9.17, 15) is 9.59 Å². The first kappa shape index (κ1) is 22.5. The Morgan fingerprint density at radius 2 is 1.76 bits per heavy atom. The number of fused-ring (bicyclic) bond motifs is 1. The van der Waals surface area contributed by atoms with Crippen LogP contribution in [0.3, 0.4) is 0 Å². The Morgan fingerprint density at radius 1 is 1.06 bits per heavy atom. The number of hydrogen-bond acceptors (Lipinski definition) is 7. The van der Waals surface area contributed by atoms with Gasteiger partial charge in [-0.15, -0.1) is 0 Å². The van der Waals surface area contributed by atoms with E-state index in [1.165, 1.54) is 21.9 Å². The Bertz CT molecular complexity index is 1380. The van der Waals surface area contributed by atoms with Gasteiger partial charge in [-0.3, -0.25) is 14.5 Å². The van der Waals surface area contributed by atoms with Gasteiger partial charge in [0, 0.05) is 54.9 Å². The van der Waals surface area contributed by atoms with E-state index in [1.807, 2.05) is 17.0 Å². The number of benzene rings is 2. The number of methoxy groups -OCH3 is 1. The van der Waals surface area contributed by atoms with E-state index >= 15 is 0 Å². The van der Waals surface area contributed by atoms with E-state index in [2.05, 4.69) is 15.0 Å². The monoisotopic (exact) mass is 495 g/mol. The van der Waals surface area contributed by atoms with Crippen molar-refractivity contribution in [1.29, 1.82) is 0 Å². The predicted molar refractivity (Wildman–Crippen MR) is 132 cm³/mol. The van der Waals surface area contributed by atoms with Crippen molar-refractivity contribution in [2.24, 2.45) is 0 Å². The lowest BCUT2D eigenvalue weighted by atomic mass is 10.1. The van der Waals surface area contributed by atoms with E-state index in [1.54, 1.807) is 43.5 Å². The molecule has 3 heterocycles. The number of aromatic nitrogens is 3. The standard InChI is InChI=1S/C24H22ClN5O3S/c1-33-20-8-4-17(5-9-20)23(32)29-12-10-28(11-13-29)15-19-14-21(31)30-24(26-19)34-22(27-30)16-2-6-18(25)7-3-16/h2-9,14H,10-13,15H2,1H3. The van der Waals surface area contributed by atoms with Gasteiger partial charge in [-0.1, -0.05) is 35.1 Å². The molecule has 8 nitrogen and oxygen atoms in total. The zero-order valence-corrected chi connectivity index (χ0v) is 20.1. The summed E-state index contributed by atoms with van der Waals surface area (Å²) in [5, 5.41) is 5.78. The minimum absolute atomic E-state index is 0.0134. The number of carbonyl (C=O) groups is 1. The van der Waals surface area contributed by atoms with E-state index in [0.29, 0.717) is 59.0 Å². The number of piperazine rings is 1. The first-order chi connectivity index (χ1) is 16.5. The molecular weight excluding hydrogens is 474 g/mol. The smallest absolute Gasteiger partial charge is 0.275 e. The second-order valence-electron chi connectivity index (χ2n) is 7.99. The van der Waals surface area contributed by atoms with Gasteiger partial charge in [0.15, 0.2) is 0 Å². The summed E-state index contributed by atoms with van der Waals surface area (Å²) in [6.07, 6.45) is 0. The van der Waals surface area contributed by atoms with Crippen molar-refractivity contribution in [2.45, 2.75) is 6.54 Å². The molecule has 0 spiro atoms. The van der Waals surface area contributed by atoms with Gasteiger partial charge in [0.25, 0.3) is 11.5 Å². The zero-order chi connectivity index (χ0) is 23.7. The second kappa shape index (κ2) is 9.54. The molecule has 0 N–H and O–H groups in total. The Labute approximate surface area is 205 Å². The fourth-order valence-corrected chi connectivity index (χ4v) is 4.96. The normalized spacial score (nSPS) is 14.5. The molecule has 0 aliphatic carbocycles. The van der Waals surface area contributed by atoms with Crippen molar-refractivity contribution in [1.82, 2.24) is 24.4 Å². The highest BCUT2D eigenvalue weighted by atomic mass is 35.5. The van der Waals surface area contributed by atoms with Crippen LogP contribution in [0.1, 0.15) is 16.1 Å². The van der Waals surface area contributed by atoms with E-state index in [0.717, 1.165) is 11.3 Å². The molecule has 1 saturated heterocycles. The van der Waals surface area contributed by atoms with E-state index in [4.69, 9.17) is 16.3 Å².